The molecule has 5 rings (SSSR count). The molecule has 9 nitrogen and oxygen atoms in total. The van der Waals surface area contributed by atoms with E-state index >= 15 is 0 Å². The fourth-order valence-corrected chi connectivity index (χ4v) is 5.71. The molecule has 1 saturated carbocycles. The standard InChI is InChI=1S/C23H28N6O3S2/c1-33-18-10-24-22(25-11-18)26-15-3-4-16(9-15)27-23-28-19-5-2-14(8-20(19)34-23)21(31)29-6-7-32-17(12-29)13-30/h2,5,8,10-11,15-17,30H,3-4,6-7,9,12-13H2,1H3,(H,27,28)(H,24,25,26)/t15-,16-,17-/m0/s1. The summed E-state index contributed by atoms with van der Waals surface area (Å²) in [7, 11) is 0. The Morgan fingerprint density at radius 3 is 2.82 bits per heavy atom. The van der Waals surface area contributed by atoms with Crippen LogP contribution in [0.25, 0.3) is 10.2 Å². The Bertz CT molecular complexity index is 1140. The lowest BCUT2D eigenvalue weighted by molar-refractivity contribution is -0.0447. The molecule has 3 atom stereocenters. The average molecular weight is 501 g/mol. The van der Waals surface area contributed by atoms with Crippen LogP contribution in [0.15, 0.2) is 35.5 Å². The van der Waals surface area contributed by atoms with Gasteiger partial charge in [-0.2, -0.15) is 0 Å². The Morgan fingerprint density at radius 2 is 2.06 bits per heavy atom. The number of benzene rings is 1. The lowest BCUT2D eigenvalue weighted by Gasteiger charge is -2.32. The first-order valence-electron chi connectivity index (χ1n) is 11.4. The maximum absolute atomic E-state index is 13.0. The van der Waals surface area contributed by atoms with Gasteiger partial charge in [0, 0.05) is 48.0 Å². The van der Waals surface area contributed by atoms with Gasteiger partial charge in [-0.25, -0.2) is 15.0 Å². The zero-order chi connectivity index (χ0) is 23.5. The topological polar surface area (TPSA) is 112 Å². The van der Waals surface area contributed by atoms with E-state index in [1.165, 1.54) is 0 Å². The molecule has 3 N–H and O–H groups in total. The highest BCUT2D eigenvalue weighted by Crippen LogP contribution is 2.31. The van der Waals surface area contributed by atoms with E-state index in [-0.39, 0.29) is 18.6 Å². The van der Waals surface area contributed by atoms with Crippen LogP contribution in [-0.4, -0.2) is 81.6 Å². The number of rotatable bonds is 7. The van der Waals surface area contributed by atoms with Gasteiger partial charge in [0.25, 0.3) is 5.91 Å². The number of morpholine rings is 1. The van der Waals surface area contributed by atoms with Crippen LogP contribution in [0.2, 0.25) is 0 Å². The van der Waals surface area contributed by atoms with Crippen LogP contribution in [0.4, 0.5) is 11.1 Å². The van der Waals surface area contributed by atoms with Crippen molar-refractivity contribution in [3.05, 3.63) is 36.2 Å². The van der Waals surface area contributed by atoms with Gasteiger partial charge < -0.3 is 25.4 Å². The lowest BCUT2D eigenvalue weighted by Crippen LogP contribution is -2.46. The molecule has 0 spiro atoms. The molecule has 180 valence electrons. The average Bonchev–Trinajstić information content (AvgIpc) is 3.49. The van der Waals surface area contributed by atoms with Gasteiger partial charge in [-0.3, -0.25) is 4.79 Å². The minimum atomic E-state index is -0.313. The number of thioether (sulfide) groups is 1. The number of fused-ring (bicyclic) bond motifs is 1. The minimum Gasteiger partial charge on any atom is -0.394 e. The number of hydrogen-bond acceptors (Lipinski definition) is 10. The molecule has 1 aliphatic carbocycles. The molecule has 1 aliphatic heterocycles. The summed E-state index contributed by atoms with van der Waals surface area (Å²) in [5.74, 6) is 0.635. The Hall–Kier alpha value is -2.47. The predicted molar refractivity (Wildman–Crippen MR) is 135 cm³/mol. The van der Waals surface area contributed by atoms with Gasteiger partial charge in [0.2, 0.25) is 5.95 Å². The predicted octanol–water partition coefficient (Wildman–Crippen LogP) is 3.09. The molecule has 11 heteroatoms. The molecule has 2 fully saturated rings. The second-order valence-corrected chi connectivity index (χ2v) is 10.5. The Labute approximate surface area is 206 Å². The van der Waals surface area contributed by atoms with Crippen LogP contribution in [0.3, 0.4) is 0 Å². The molecule has 0 bridgehead atoms. The first-order valence-corrected chi connectivity index (χ1v) is 13.5. The molecule has 0 unspecified atom stereocenters. The summed E-state index contributed by atoms with van der Waals surface area (Å²) in [6.07, 6.45) is 8.44. The number of aliphatic hydroxyl groups is 1. The first-order chi connectivity index (χ1) is 16.6. The van der Waals surface area contributed by atoms with Crippen molar-refractivity contribution in [2.24, 2.45) is 0 Å². The van der Waals surface area contributed by atoms with Crippen molar-refractivity contribution >= 4 is 50.3 Å². The summed E-state index contributed by atoms with van der Waals surface area (Å²) in [5.41, 5.74) is 1.52. The van der Waals surface area contributed by atoms with Gasteiger partial charge in [-0.1, -0.05) is 11.3 Å². The van der Waals surface area contributed by atoms with Gasteiger partial charge in [0.15, 0.2) is 5.13 Å². The highest BCUT2D eigenvalue weighted by Gasteiger charge is 2.27. The van der Waals surface area contributed by atoms with E-state index in [1.807, 2.05) is 36.8 Å². The van der Waals surface area contributed by atoms with Crippen molar-refractivity contribution in [2.45, 2.75) is 42.3 Å². The monoisotopic (exact) mass is 500 g/mol. The van der Waals surface area contributed by atoms with Crippen molar-refractivity contribution in [1.29, 1.82) is 0 Å². The summed E-state index contributed by atoms with van der Waals surface area (Å²) >= 11 is 3.20. The first kappa shape index (κ1) is 23.3. The molecule has 2 aromatic heterocycles. The number of nitrogens with zero attached hydrogens (tertiary/aromatic N) is 4. The number of aliphatic hydroxyl groups excluding tert-OH is 1. The Kier molecular flexibility index (Phi) is 7.14. The van der Waals surface area contributed by atoms with Crippen molar-refractivity contribution in [3.8, 4) is 0 Å². The fraction of sp³-hybridized carbons (Fsp3) is 0.478. The van der Waals surface area contributed by atoms with Crippen LogP contribution in [-0.2, 0) is 4.74 Å². The molecular formula is C23H28N6O3S2. The van der Waals surface area contributed by atoms with E-state index < -0.39 is 0 Å². The molecule has 1 aromatic carbocycles. The zero-order valence-corrected chi connectivity index (χ0v) is 20.6. The quantitative estimate of drug-likeness (QED) is 0.421. The zero-order valence-electron chi connectivity index (χ0n) is 18.9. The molecule has 3 aromatic rings. The molecule has 34 heavy (non-hydrogen) atoms. The van der Waals surface area contributed by atoms with E-state index in [9.17, 15) is 9.90 Å². The van der Waals surface area contributed by atoms with E-state index in [1.54, 1.807) is 28.0 Å². The van der Waals surface area contributed by atoms with Crippen LogP contribution >= 0.6 is 23.1 Å². The third kappa shape index (κ3) is 5.27. The fourth-order valence-electron chi connectivity index (χ4n) is 4.41. The van der Waals surface area contributed by atoms with E-state index in [0.717, 1.165) is 39.5 Å². The van der Waals surface area contributed by atoms with Gasteiger partial charge in [0.1, 0.15) is 0 Å². The minimum absolute atomic E-state index is 0.0379. The smallest absolute Gasteiger partial charge is 0.254 e. The van der Waals surface area contributed by atoms with E-state index in [2.05, 4.69) is 20.6 Å². The van der Waals surface area contributed by atoms with Crippen molar-refractivity contribution in [2.75, 3.05) is 43.2 Å². The molecule has 1 saturated heterocycles. The van der Waals surface area contributed by atoms with Crippen LogP contribution < -0.4 is 10.6 Å². The summed E-state index contributed by atoms with van der Waals surface area (Å²) in [6.45, 7) is 1.31. The Balaban J connectivity index is 1.20. The van der Waals surface area contributed by atoms with Crippen LogP contribution in [0.5, 0.6) is 0 Å². The van der Waals surface area contributed by atoms with E-state index in [0.29, 0.717) is 43.3 Å². The second-order valence-electron chi connectivity index (χ2n) is 8.57. The van der Waals surface area contributed by atoms with Gasteiger partial charge in [-0.05, 0) is 43.7 Å². The Morgan fingerprint density at radius 1 is 1.26 bits per heavy atom. The molecular weight excluding hydrogens is 472 g/mol. The summed E-state index contributed by atoms with van der Waals surface area (Å²) in [6, 6.07) is 6.30. The number of carbonyl (C=O) groups is 1. The lowest BCUT2D eigenvalue weighted by atomic mass is 10.1. The molecule has 2 aliphatic rings. The number of hydrogen-bond donors (Lipinski definition) is 3. The summed E-state index contributed by atoms with van der Waals surface area (Å²) in [4.78, 5) is 29.3. The number of carbonyl (C=O) groups excluding carboxylic acids is 1. The SMILES string of the molecule is CSc1cnc(N[C@H]2CC[C@H](Nc3nc4ccc(C(=O)N5CCO[C@H](CO)C5)cc4s3)C2)nc1. The number of thiazole rings is 1. The maximum atomic E-state index is 13.0. The number of anilines is 2. The second kappa shape index (κ2) is 10.4. The largest absolute Gasteiger partial charge is 0.394 e. The van der Waals surface area contributed by atoms with Gasteiger partial charge >= 0.3 is 0 Å². The summed E-state index contributed by atoms with van der Waals surface area (Å²) in [5, 5.41) is 17.2. The van der Waals surface area contributed by atoms with Crippen molar-refractivity contribution < 1.29 is 14.6 Å². The number of ether oxygens (including phenoxy) is 1. The molecule has 3 heterocycles. The maximum Gasteiger partial charge on any atom is 0.254 e. The molecule has 0 radical (unpaired) electrons. The van der Waals surface area contributed by atoms with E-state index in [4.69, 9.17) is 9.72 Å². The van der Waals surface area contributed by atoms with Crippen LogP contribution in [0, 0.1) is 0 Å². The third-order valence-electron chi connectivity index (χ3n) is 6.22. The third-order valence-corrected chi connectivity index (χ3v) is 7.85. The number of nitrogens with one attached hydrogen (secondary N) is 2. The molecule has 1 amide bonds. The highest BCUT2D eigenvalue weighted by molar-refractivity contribution is 7.98. The van der Waals surface area contributed by atoms with Crippen molar-refractivity contribution in [1.82, 2.24) is 19.9 Å². The summed E-state index contributed by atoms with van der Waals surface area (Å²) < 4.78 is 6.44. The number of aromatic nitrogens is 3. The normalized spacial score (nSPS) is 22.8. The number of amides is 1. The van der Waals surface area contributed by atoms with Crippen molar-refractivity contribution in [3.63, 3.8) is 0 Å². The van der Waals surface area contributed by atoms with Crippen LogP contribution in [0.1, 0.15) is 29.6 Å². The van der Waals surface area contributed by atoms with Gasteiger partial charge in [-0.15, -0.1) is 11.8 Å². The highest BCUT2D eigenvalue weighted by atomic mass is 32.2. The van der Waals surface area contributed by atoms with Gasteiger partial charge in [0.05, 0.1) is 29.5 Å².